The highest BCUT2D eigenvalue weighted by molar-refractivity contribution is 4.81. The second-order valence-electron chi connectivity index (χ2n) is 3.74. The first-order chi connectivity index (χ1) is 5.92. The van der Waals surface area contributed by atoms with Crippen LogP contribution >= 0.6 is 0 Å². The third-order valence-electron chi connectivity index (χ3n) is 2.06. The normalized spacial score (nSPS) is 40.8. The van der Waals surface area contributed by atoms with Gasteiger partial charge in [0.15, 0.2) is 5.79 Å². The van der Waals surface area contributed by atoms with Gasteiger partial charge >= 0.3 is 0 Å². The van der Waals surface area contributed by atoms with Crippen LogP contribution in [0.15, 0.2) is 0 Å². The highest BCUT2D eigenvalue weighted by Gasteiger charge is 2.31. The Balaban J connectivity index is 2.59. The van der Waals surface area contributed by atoms with E-state index in [0.717, 1.165) is 0 Å². The molecule has 0 aromatic heterocycles. The summed E-state index contributed by atoms with van der Waals surface area (Å²) in [4.78, 5) is 0. The largest absolute Gasteiger partial charge is 0.389 e. The van der Waals surface area contributed by atoms with Gasteiger partial charge in [0.25, 0.3) is 0 Å². The average molecular weight is 191 g/mol. The van der Waals surface area contributed by atoms with Gasteiger partial charge in [-0.2, -0.15) is 0 Å². The third kappa shape index (κ3) is 2.89. The van der Waals surface area contributed by atoms with Gasteiger partial charge < -0.3 is 25.4 Å². The fourth-order valence-corrected chi connectivity index (χ4v) is 1.11. The Kier molecular flexibility index (Phi) is 3.26. The quantitative estimate of drug-likeness (QED) is 0.448. The predicted molar refractivity (Wildman–Crippen MR) is 46.0 cm³/mol. The molecule has 0 aliphatic carbocycles. The van der Waals surface area contributed by atoms with Crippen molar-refractivity contribution in [1.29, 1.82) is 0 Å². The molecular weight excluding hydrogens is 174 g/mol. The molecule has 0 amide bonds. The highest BCUT2D eigenvalue weighted by atomic mass is 16.7. The Bertz CT molecular complexity index is 158. The lowest BCUT2D eigenvalue weighted by Gasteiger charge is -2.34. The van der Waals surface area contributed by atoms with Crippen molar-refractivity contribution in [2.45, 2.75) is 37.9 Å². The molecule has 1 fully saturated rings. The van der Waals surface area contributed by atoms with E-state index in [1.807, 2.05) is 0 Å². The Hall–Kier alpha value is -0.200. The van der Waals surface area contributed by atoms with E-state index in [1.165, 1.54) is 0 Å². The van der Waals surface area contributed by atoms with Crippen LogP contribution in [0, 0.1) is 0 Å². The Morgan fingerprint density at radius 1 is 1.23 bits per heavy atom. The van der Waals surface area contributed by atoms with E-state index in [1.54, 1.807) is 13.8 Å². The molecule has 1 aliphatic heterocycles. The Morgan fingerprint density at radius 2 is 1.77 bits per heavy atom. The summed E-state index contributed by atoms with van der Waals surface area (Å²) in [6, 6.07) is -0.571. The summed E-state index contributed by atoms with van der Waals surface area (Å²) in [5, 5.41) is 18.8. The number of rotatable bonds is 0. The molecule has 4 N–H and O–H groups in total. The monoisotopic (exact) mass is 191 g/mol. The zero-order valence-electron chi connectivity index (χ0n) is 7.93. The molecule has 0 saturated carbocycles. The molecule has 0 radical (unpaired) electrons. The zero-order chi connectivity index (χ0) is 10.1. The Morgan fingerprint density at radius 3 is 2.38 bits per heavy atom. The minimum atomic E-state index is -0.990. The van der Waals surface area contributed by atoms with Gasteiger partial charge in [0, 0.05) is 0 Å². The van der Waals surface area contributed by atoms with Gasteiger partial charge in [-0.05, 0) is 13.8 Å². The van der Waals surface area contributed by atoms with Gasteiger partial charge in [0.05, 0.1) is 25.4 Å². The summed E-state index contributed by atoms with van der Waals surface area (Å²) in [5.41, 5.74) is 5.57. The predicted octanol–water partition coefficient (Wildman–Crippen LogP) is -1.18. The molecule has 0 aromatic carbocycles. The smallest absolute Gasteiger partial charge is 0.162 e. The van der Waals surface area contributed by atoms with Crippen molar-refractivity contribution in [2.24, 2.45) is 5.73 Å². The maximum absolute atomic E-state index is 9.39. The lowest BCUT2D eigenvalue weighted by Crippen LogP contribution is -2.52. The number of hydrogen-bond donors (Lipinski definition) is 3. The van der Waals surface area contributed by atoms with Crippen LogP contribution in [0.3, 0.4) is 0 Å². The van der Waals surface area contributed by atoms with Gasteiger partial charge in [0.1, 0.15) is 6.10 Å². The molecule has 0 aromatic rings. The van der Waals surface area contributed by atoms with E-state index in [-0.39, 0.29) is 13.2 Å². The molecule has 1 aliphatic rings. The zero-order valence-corrected chi connectivity index (χ0v) is 7.93. The second-order valence-corrected chi connectivity index (χ2v) is 3.74. The molecule has 0 bridgehead atoms. The van der Waals surface area contributed by atoms with Crippen LogP contribution < -0.4 is 5.73 Å². The number of aliphatic hydroxyl groups is 2. The van der Waals surface area contributed by atoms with Crippen LogP contribution in [0.1, 0.15) is 13.8 Å². The average Bonchev–Trinajstić information content (AvgIpc) is 2.08. The van der Waals surface area contributed by atoms with Crippen molar-refractivity contribution in [3.05, 3.63) is 0 Å². The standard InChI is InChI=1S/C8H17NO4/c1-8(2)12-3-5(9)7(11)6(10)4-13-8/h5-7,10-11H,3-4,9H2,1-2H3. The molecule has 5 nitrogen and oxygen atoms in total. The first kappa shape index (κ1) is 10.9. The molecule has 1 saturated heterocycles. The fraction of sp³-hybridized carbons (Fsp3) is 1.00. The summed E-state index contributed by atoms with van der Waals surface area (Å²) >= 11 is 0. The number of nitrogens with two attached hydrogens (primary N) is 1. The van der Waals surface area contributed by atoms with Gasteiger partial charge in [-0.1, -0.05) is 0 Å². The molecule has 5 heteroatoms. The van der Waals surface area contributed by atoms with Crippen LogP contribution in [-0.4, -0.2) is 47.5 Å². The summed E-state index contributed by atoms with van der Waals surface area (Å²) < 4.78 is 10.5. The second kappa shape index (κ2) is 3.89. The summed E-state index contributed by atoms with van der Waals surface area (Å²) in [7, 11) is 0. The third-order valence-corrected chi connectivity index (χ3v) is 2.06. The fourth-order valence-electron chi connectivity index (χ4n) is 1.11. The molecule has 1 heterocycles. The summed E-state index contributed by atoms with van der Waals surface area (Å²) in [5.74, 6) is -0.751. The van der Waals surface area contributed by atoms with Crippen molar-refractivity contribution in [3.8, 4) is 0 Å². The molecule has 0 spiro atoms. The van der Waals surface area contributed by atoms with Crippen LogP contribution in [0.2, 0.25) is 0 Å². The lowest BCUT2D eigenvalue weighted by atomic mass is 10.1. The van der Waals surface area contributed by atoms with E-state index in [4.69, 9.17) is 15.2 Å². The van der Waals surface area contributed by atoms with Crippen LogP contribution in [0.4, 0.5) is 0 Å². The van der Waals surface area contributed by atoms with Crippen LogP contribution in [0.5, 0.6) is 0 Å². The van der Waals surface area contributed by atoms with E-state index in [9.17, 15) is 10.2 Å². The van der Waals surface area contributed by atoms with Crippen LogP contribution in [0.25, 0.3) is 0 Å². The topological polar surface area (TPSA) is 84.9 Å². The maximum Gasteiger partial charge on any atom is 0.162 e. The van der Waals surface area contributed by atoms with Crippen molar-refractivity contribution in [1.82, 2.24) is 0 Å². The van der Waals surface area contributed by atoms with Crippen molar-refractivity contribution in [2.75, 3.05) is 13.2 Å². The maximum atomic E-state index is 9.39. The van der Waals surface area contributed by atoms with Gasteiger partial charge in [-0.25, -0.2) is 0 Å². The van der Waals surface area contributed by atoms with Gasteiger partial charge in [-0.3, -0.25) is 0 Å². The van der Waals surface area contributed by atoms with E-state index >= 15 is 0 Å². The van der Waals surface area contributed by atoms with E-state index in [0.29, 0.717) is 0 Å². The number of aliphatic hydroxyl groups excluding tert-OH is 2. The van der Waals surface area contributed by atoms with E-state index in [2.05, 4.69) is 0 Å². The Labute approximate surface area is 77.4 Å². The van der Waals surface area contributed by atoms with E-state index < -0.39 is 24.0 Å². The SMILES string of the molecule is CC1(C)OCC(N)C(O)C(O)CO1. The van der Waals surface area contributed by atoms with Crippen molar-refractivity contribution < 1.29 is 19.7 Å². The first-order valence-corrected chi connectivity index (χ1v) is 4.32. The van der Waals surface area contributed by atoms with Crippen molar-refractivity contribution in [3.63, 3.8) is 0 Å². The number of ether oxygens (including phenoxy) is 2. The number of hydrogen-bond acceptors (Lipinski definition) is 5. The molecule has 3 atom stereocenters. The summed E-state index contributed by atoms with van der Waals surface area (Å²) in [6.07, 6.45) is -1.94. The molecular formula is C8H17NO4. The molecule has 13 heavy (non-hydrogen) atoms. The van der Waals surface area contributed by atoms with Gasteiger partial charge in [-0.15, -0.1) is 0 Å². The molecule has 78 valence electrons. The highest BCUT2D eigenvalue weighted by Crippen LogP contribution is 2.16. The first-order valence-electron chi connectivity index (χ1n) is 4.32. The lowest BCUT2D eigenvalue weighted by molar-refractivity contribution is -0.248. The van der Waals surface area contributed by atoms with Gasteiger partial charge in [0.2, 0.25) is 0 Å². The summed E-state index contributed by atoms with van der Waals surface area (Å²) in [6.45, 7) is 3.68. The minimum Gasteiger partial charge on any atom is -0.389 e. The molecule has 3 unspecified atom stereocenters. The minimum absolute atomic E-state index is 0.0296. The molecule has 1 rings (SSSR count). The van der Waals surface area contributed by atoms with Crippen LogP contribution in [-0.2, 0) is 9.47 Å². The van der Waals surface area contributed by atoms with Crippen molar-refractivity contribution >= 4 is 0 Å².